The van der Waals surface area contributed by atoms with E-state index in [9.17, 15) is 4.79 Å². The van der Waals surface area contributed by atoms with Crippen LogP contribution in [0.1, 0.15) is 21.9 Å². The SMILES string of the molecule is Cc1ccc(CNC(=O)c2cccc(N=C(N)/C=C\C(N)=C3\C=CC=CN3)c2)o1. The molecule has 0 spiro atoms. The molecular formula is C22H23N5O2. The number of aryl methyl sites for hydroxylation is 1. The van der Waals surface area contributed by atoms with E-state index >= 15 is 0 Å². The van der Waals surface area contributed by atoms with Gasteiger partial charge in [0.1, 0.15) is 17.4 Å². The zero-order valence-electron chi connectivity index (χ0n) is 16.1. The number of rotatable bonds is 6. The molecule has 7 heteroatoms. The van der Waals surface area contributed by atoms with Crippen molar-refractivity contribution in [1.82, 2.24) is 10.6 Å². The highest BCUT2D eigenvalue weighted by Gasteiger charge is 2.07. The molecule has 0 radical (unpaired) electrons. The van der Waals surface area contributed by atoms with Crippen LogP contribution in [-0.4, -0.2) is 11.7 Å². The zero-order valence-corrected chi connectivity index (χ0v) is 16.1. The van der Waals surface area contributed by atoms with E-state index in [1.807, 2.05) is 37.3 Å². The van der Waals surface area contributed by atoms with Gasteiger partial charge < -0.3 is 26.5 Å². The van der Waals surface area contributed by atoms with Gasteiger partial charge in [-0.15, -0.1) is 0 Å². The van der Waals surface area contributed by atoms with Crippen molar-refractivity contribution in [2.24, 2.45) is 16.5 Å². The van der Waals surface area contributed by atoms with E-state index in [-0.39, 0.29) is 11.7 Å². The predicted octanol–water partition coefficient (Wildman–Crippen LogP) is 2.91. The highest BCUT2D eigenvalue weighted by molar-refractivity contribution is 5.96. The van der Waals surface area contributed by atoms with Crippen LogP contribution in [0.25, 0.3) is 0 Å². The lowest BCUT2D eigenvalue weighted by Gasteiger charge is -2.07. The first-order valence-electron chi connectivity index (χ1n) is 9.06. The van der Waals surface area contributed by atoms with Gasteiger partial charge in [-0.1, -0.05) is 12.1 Å². The van der Waals surface area contributed by atoms with Crippen LogP contribution in [0.3, 0.4) is 0 Å². The highest BCUT2D eigenvalue weighted by atomic mass is 16.3. The second kappa shape index (κ2) is 9.27. The lowest BCUT2D eigenvalue weighted by atomic mass is 10.2. The second-order valence-corrected chi connectivity index (χ2v) is 6.35. The number of hydrogen-bond donors (Lipinski definition) is 4. The molecular weight excluding hydrogens is 366 g/mol. The molecule has 2 aromatic rings. The largest absolute Gasteiger partial charge is 0.465 e. The van der Waals surface area contributed by atoms with E-state index in [0.717, 1.165) is 11.5 Å². The summed E-state index contributed by atoms with van der Waals surface area (Å²) < 4.78 is 5.45. The van der Waals surface area contributed by atoms with Gasteiger partial charge in [0.25, 0.3) is 5.91 Å². The Morgan fingerprint density at radius 2 is 2.07 bits per heavy atom. The highest BCUT2D eigenvalue weighted by Crippen LogP contribution is 2.15. The van der Waals surface area contributed by atoms with E-state index in [0.29, 0.717) is 29.3 Å². The molecule has 2 heterocycles. The first kappa shape index (κ1) is 19.8. The molecule has 0 saturated carbocycles. The number of amides is 1. The van der Waals surface area contributed by atoms with Gasteiger partial charge in [0, 0.05) is 11.8 Å². The minimum atomic E-state index is -0.220. The number of furan rings is 1. The average Bonchev–Trinajstić information content (AvgIpc) is 3.16. The summed E-state index contributed by atoms with van der Waals surface area (Å²) >= 11 is 0. The predicted molar refractivity (Wildman–Crippen MR) is 114 cm³/mol. The molecule has 0 atom stereocenters. The summed E-state index contributed by atoms with van der Waals surface area (Å²) in [6, 6.07) is 10.6. The van der Waals surface area contributed by atoms with E-state index in [4.69, 9.17) is 15.9 Å². The van der Waals surface area contributed by atoms with Crippen molar-refractivity contribution in [3.63, 3.8) is 0 Å². The third kappa shape index (κ3) is 5.74. The number of dihydropyridines is 1. The number of nitrogens with one attached hydrogen (secondary N) is 2. The Bertz CT molecular complexity index is 1040. The number of aliphatic imine (C=N–C) groups is 1. The molecule has 1 amide bonds. The quantitative estimate of drug-likeness (QED) is 0.447. The first-order chi connectivity index (χ1) is 14.0. The molecule has 0 aliphatic carbocycles. The topological polar surface area (TPSA) is 119 Å². The van der Waals surface area contributed by atoms with E-state index in [1.54, 1.807) is 42.6 Å². The van der Waals surface area contributed by atoms with Crippen molar-refractivity contribution in [2.45, 2.75) is 13.5 Å². The van der Waals surface area contributed by atoms with Crippen LogP contribution >= 0.6 is 0 Å². The second-order valence-electron chi connectivity index (χ2n) is 6.35. The molecule has 1 aromatic heterocycles. The summed E-state index contributed by atoms with van der Waals surface area (Å²) in [5, 5.41) is 5.86. The Morgan fingerprint density at radius 1 is 1.21 bits per heavy atom. The van der Waals surface area contributed by atoms with Gasteiger partial charge >= 0.3 is 0 Å². The van der Waals surface area contributed by atoms with Crippen molar-refractivity contribution in [1.29, 1.82) is 0 Å². The summed E-state index contributed by atoms with van der Waals surface area (Å²) in [6.45, 7) is 2.17. The average molecular weight is 389 g/mol. The molecule has 0 bridgehead atoms. The number of nitrogens with two attached hydrogens (primary N) is 2. The summed E-state index contributed by atoms with van der Waals surface area (Å²) in [7, 11) is 0. The number of carbonyl (C=O) groups is 1. The maximum Gasteiger partial charge on any atom is 0.251 e. The van der Waals surface area contributed by atoms with E-state index < -0.39 is 0 Å². The van der Waals surface area contributed by atoms with Crippen molar-refractivity contribution in [2.75, 3.05) is 0 Å². The molecule has 0 fully saturated rings. The molecule has 6 N–H and O–H groups in total. The maximum atomic E-state index is 12.4. The van der Waals surface area contributed by atoms with Crippen LogP contribution in [0.15, 0.2) is 93.8 Å². The van der Waals surface area contributed by atoms with Crippen LogP contribution in [0.5, 0.6) is 0 Å². The summed E-state index contributed by atoms with van der Waals surface area (Å²) in [4.78, 5) is 16.7. The maximum absolute atomic E-state index is 12.4. The van der Waals surface area contributed by atoms with E-state index in [1.165, 1.54) is 0 Å². The van der Waals surface area contributed by atoms with Gasteiger partial charge in [0.05, 0.1) is 23.6 Å². The van der Waals surface area contributed by atoms with Crippen LogP contribution in [0.2, 0.25) is 0 Å². The van der Waals surface area contributed by atoms with Crippen molar-refractivity contribution in [3.05, 3.63) is 101 Å². The fourth-order valence-electron chi connectivity index (χ4n) is 2.59. The van der Waals surface area contributed by atoms with Gasteiger partial charge in [-0.25, -0.2) is 4.99 Å². The number of benzene rings is 1. The monoisotopic (exact) mass is 389 g/mol. The molecule has 148 valence electrons. The van der Waals surface area contributed by atoms with E-state index in [2.05, 4.69) is 15.6 Å². The third-order valence-corrected chi connectivity index (χ3v) is 4.04. The molecule has 7 nitrogen and oxygen atoms in total. The molecule has 1 aliphatic rings. The number of nitrogens with zero attached hydrogens (tertiary/aromatic N) is 1. The molecule has 3 rings (SSSR count). The van der Waals surface area contributed by atoms with Gasteiger partial charge in [0.15, 0.2) is 0 Å². The molecule has 1 aliphatic heterocycles. The van der Waals surface area contributed by atoms with Crippen LogP contribution in [0, 0.1) is 6.92 Å². The fourth-order valence-corrected chi connectivity index (χ4v) is 2.59. The minimum absolute atomic E-state index is 0.220. The Labute approximate surface area is 169 Å². The van der Waals surface area contributed by atoms with Crippen LogP contribution in [0.4, 0.5) is 5.69 Å². The molecule has 1 aromatic carbocycles. The van der Waals surface area contributed by atoms with Gasteiger partial charge in [-0.3, -0.25) is 4.79 Å². The van der Waals surface area contributed by atoms with Gasteiger partial charge in [-0.05, 0) is 61.6 Å². The van der Waals surface area contributed by atoms with Crippen molar-refractivity contribution in [3.8, 4) is 0 Å². The van der Waals surface area contributed by atoms with Crippen molar-refractivity contribution >= 4 is 17.4 Å². The Kier molecular flexibility index (Phi) is 6.32. The number of hydrogen-bond acceptors (Lipinski definition) is 5. The van der Waals surface area contributed by atoms with Crippen molar-refractivity contribution < 1.29 is 9.21 Å². The summed E-state index contributed by atoms with van der Waals surface area (Å²) in [6.07, 6.45) is 10.7. The smallest absolute Gasteiger partial charge is 0.251 e. The zero-order chi connectivity index (χ0) is 20.6. The normalized spacial score (nSPS) is 15.4. The fraction of sp³-hybridized carbons (Fsp3) is 0.0909. The molecule has 0 unspecified atom stereocenters. The molecule has 0 saturated heterocycles. The summed E-state index contributed by atoms with van der Waals surface area (Å²) in [5.74, 6) is 1.55. The molecule has 29 heavy (non-hydrogen) atoms. The lowest BCUT2D eigenvalue weighted by molar-refractivity contribution is 0.0948. The third-order valence-electron chi connectivity index (χ3n) is 4.04. The van der Waals surface area contributed by atoms with Crippen LogP contribution < -0.4 is 22.1 Å². The Hall–Kier alpha value is -4.00. The Balaban J connectivity index is 1.64. The lowest BCUT2D eigenvalue weighted by Crippen LogP contribution is -2.22. The standard InChI is InChI=1S/C22H23N5O2/c1-15-8-9-18(29-15)14-26-22(28)16-5-4-6-17(13-16)27-21(24)11-10-19(23)20-7-2-3-12-25-20/h2-13,25H,14,23H2,1H3,(H2,24,27)(H,26,28)/b11-10-,20-19+. The van der Waals surface area contributed by atoms with Gasteiger partial charge in [-0.2, -0.15) is 0 Å². The Morgan fingerprint density at radius 3 is 2.79 bits per heavy atom. The number of carbonyl (C=O) groups excluding carboxylic acids is 1. The number of allylic oxidation sites excluding steroid dienone is 4. The van der Waals surface area contributed by atoms with Crippen LogP contribution in [-0.2, 0) is 6.54 Å². The summed E-state index contributed by atoms with van der Waals surface area (Å²) in [5.41, 5.74) is 14.3. The minimum Gasteiger partial charge on any atom is -0.465 e. The van der Waals surface area contributed by atoms with Gasteiger partial charge in [0.2, 0.25) is 0 Å². The first-order valence-corrected chi connectivity index (χ1v) is 9.06. The number of amidine groups is 1.